The number of benzene rings is 6. The van der Waals surface area contributed by atoms with Gasteiger partial charge in [0, 0.05) is 38.6 Å². The summed E-state index contributed by atoms with van der Waals surface area (Å²) >= 11 is 0. The van der Waals surface area contributed by atoms with Gasteiger partial charge in [-0.2, -0.15) is 0 Å². The third-order valence-corrected chi connectivity index (χ3v) is 10.2. The van der Waals surface area contributed by atoms with Crippen LogP contribution in [0.5, 0.6) is 0 Å². The second kappa shape index (κ2) is 9.36. The fourth-order valence-electron chi connectivity index (χ4n) is 8.53. The Labute approximate surface area is 268 Å². The van der Waals surface area contributed by atoms with Crippen LogP contribution in [0.25, 0.3) is 72.5 Å². The van der Waals surface area contributed by atoms with Crippen molar-refractivity contribution in [3.8, 4) is 33.8 Å². The molecule has 0 unspecified atom stereocenters. The number of allylic oxidation sites excluding steroid dienone is 2. The Kier molecular flexibility index (Phi) is 5.19. The normalized spacial score (nSPS) is 12.8. The molecule has 4 heterocycles. The van der Waals surface area contributed by atoms with Crippen LogP contribution >= 0.6 is 0 Å². The monoisotopic (exact) mass is 584 g/mol. The van der Waals surface area contributed by atoms with Gasteiger partial charge in [0.05, 0.1) is 16.7 Å². The van der Waals surface area contributed by atoms with E-state index in [1.807, 2.05) is 6.08 Å². The topological polar surface area (TPSA) is 9.86 Å². The van der Waals surface area contributed by atoms with Crippen LogP contribution in [0, 0.1) is 6.92 Å². The summed E-state index contributed by atoms with van der Waals surface area (Å²) in [5.74, 6) is 0. The lowest BCUT2D eigenvalue weighted by atomic mass is 9.33. The minimum atomic E-state index is 0.0771. The van der Waals surface area contributed by atoms with E-state index in [4.69, 9.17) is 0 Å². The van der Waals surface area contributed by atoms with Gasteiger partial charge < -0.3 is 9.13 Å². The van der Waals surface area contributed by atoms with Gasteiger partial charge in [-0.1, -0.05) is 128 Å². The summed E-state index contributed by atoms with van der Waals surface area (Å²) < 4.78 is 5.11. The highest BCUT2D eigenvalue weighted by Crippen LogP contribution is 2.45. The van der Waals surface area contributed by atoms with E-state index in [1.54, 1.807) is 0 Å². The van der Waals surface area contributed by atoms with Gasteiger partial charge in [-0.25, -0.2) is 0 Å². The van der Waals surface area contributed by atoms with E-state index in [0.717, 1.165) is 0 Å². The number of fused-ring (bicyclic) bond motifs is 7. The van der Waals surface area contributed by atoms with E-state index in [-0.39, 0.29) is 6.71 Å². The Bertz CT molecular complexity index is 2600. The number of rotatable bonds is 4. The highest BCUT2D eigenvalue weighted by atomic mass is 15.0. The number of nitrogens with zero attached hydrogens (tertiary/aromatic N) is 2. The summed E-state index contributed by atoms with van der Waals surface area (Å²) in [6.45, 7) is 6.39. The van der Waals surface area contributed by atoms with E-state index in [0.29, 0.717) is 0 Å². The lowest BCUT2D eigenvalue weighted by molar-refractivity contribution is 1.12. The summed E-state index contributed by atoms with van der Waals surface area (Å²) in [6.07, 6.45) is 6.26. The van der Waals surface area contributed by atoms with Crippen LogP contribution in [-0.4, -0.2) is 15.8 Å². The van der Waals surface area contributed by atoms with Gasteiger partial charge >= 0.3 is 0 Å². The molecule has 46 heavy (non-hydrogen) atoms. The summed E-state index contributed by atoms with van der Waals surface area (Å²) in [5.41, 5.74) is 18.0. The first-order valence-corrected chi connectivity index (χ1v) is 16.0. The molecule has 3 heteroatoms. The lowest BCUT2D eigenvalue weighted by Crippen LogP contribution is -2.60. The van der Waals surface area contributed by atoms with Crippen molar-refractivity contribution in [1.29, 1.82) is 0 Å². The molecular weight excluding hydrogens is 555 g/mol. The first-order valence-electron chi connectivity index (χ1n) is 16.0. The first kappa shape index (κ1) is 25.5. The van der Waals surface area contributed by atoms with Crippen LogP contribution in [-0.2, 0) is 0 Å². The molecule has 0 spiro atoms. The van der Waals surface area contributed by atoms with Crippen molar-refractivity contribution in [1.82, 2.24) is 9.13 Å². The zero-order valence-electron chi connectivity index (χ0n) is 25.5. The SMILES string of the molecule is C=C/C=C\c1c(C)cc2c(-c3ccccc3)c(-c3ccccc3)n3c2c1B1c2c-3cccc2-n2c3ccccc3c3cccc1c32. The van der Waals surface area contributed by atoms with E-state index in [1.165, 1.54) is 94.0 Å². The summed E-state index contributed by atoms with van der Waals surface area (Å²) in [6, 6.07) is 47.0. The summed E-state index contributed by atoms with van der Waals surface area (Å²) in [4.78, 5) is 0. The average Bonchev–Trinajstić information content (AvgIpc) is 3.63. The molecule has 0 bridgehead atoms. The minimum absolute atomic E-state index is 0.0771. The molecule has 2 nitrogen and oxygen atoms in total. The van der Waals surface area contributed by atoms with Gasteiger partial charge in [-0.15, -0.1) is 0 Å². The van der Waals surface area contributed by atoms with E-state index in [9.17, 15) is 0 Å². The Balaban J connectivity index is 1.48. The van der Waals surface area contributed by atoms with Crippen LogP contribution in [0.15, 0.2) is 146 Å². The standard InChI is InChI=1S/C43H29BN2/c1-3-4-19-30-27(2)26-33-38(28-15-7-5-8-16-28)41(29-17-9-6-10-18-29)46-37-25-14-24-36-40(37)44(39(30)43(33)46)34-22-13-21-32-31-20-11-12-23-35(31)45(36)42(32)34/h3-26H,1H2,2H3/b19-4-. The molecule has 2 aliphatic rings. The Morgan fingerprint density at radius 2 is 1.28 bits per heavy atom. The molecule has 0 fully saturated rings. The van der Waals surface area contributed by atoms with Crippen LogP contribution in [0.1, 0.15) is 11.1 Å². The third-order valence-electron chi connectivity index (χ3n) is 10.2. The maximum absolute atomic E-state index is 4.04. The number of para-hydroxylation sites is 2. The molecule has 2 aromatic heterocycles. The fraction of sp³-hybridized carbons (Fsp3) is 0.0233. The molecule has 8 aromatic rings. The van der Waals surface area contributed by atoms with Crippen molar-refractivity contribution in [2.24, 2.45) is 0 Å². The molecule has 0 saturated heterocycles. The quantitative estimate of drug-likeness (QED) is 0.145. The molecule has 10 rings (SSSR count). The van der Waals surface area contributed by atoms with Gasteiger partial charge in [-0.3, -0.25) is 0 Å². The molecule has 0 atom stereocenters. The van der Waals surface area contributed by atoms with Crippen molar-refractivity contribution in [2.75, 3.05) is 0 Å². The summed E-state index contributed by atoms with van der Waals surface area (Å²) in [7, 11) is 0. The van der Waals surface area contributed by atoms with E-state index in [2.05, 4.69) is 162 Å². The molecule has 214 valence electrons. The van der Waals surface area contributed by atoms with Crippen LogP contribution in [0.3, 0.4) is 0 Å². The van der Waals surface area contributed by atoms with E-state index >= 15 is 0 Å². The van der Waals surface area contributed by atoms with Crippen molar-refractivity contribution in [3.63, 3.8) is 0 Å². The minimum Gasteiger partial charge on any atom is -0.310 e. The predicted molar refractivity (Wildman–Crippen MR) is 197 cm³/mol. The van der Waals surface area contributed by atoms with Gasteiger partial charge in [0.2, 0.25) is 0 Å². The molecule has 0 N–H and O–H groups in total. The smallest absolute Gasteiger partial charge is 0.252 e. The summed E-state index contributed by atoms with van der Waals surface area (Å²) in [5, 5.41) is 3.91. The van der Waals surface area contributed by atoms with Crippen molar-refractivity contribution in [3.05, 3.63) is 157 Å². The van der Waals surface area contributed by atoms with E-state index < -0.39 is 0 Å². The Morgan fingerprint density at radius 3 is 2.07 bits per heavy atom. The molecule has 6 aromatic carbocycles. The van der Waals surface area contributed by atoms with Gasteiger partial charge in [0.1, 0.15) is 0 Å². The number of hydrogen-bond donors (Lipinski definition) is 0. The zero-order valence-corrected chi connectivity index (χ0v) is 25.5. The largest absolute Gasteiger partial charge is 0.310 e. The average molecular weight is 585 g/mol. The van der Waals surface area contributed by atoms with Crippen molar-refractivity contribution < 1.29 is 0 Å². The maximum atomic E-state index is 4.04. The molecule has 0 radical (unpaired) electrons. The molecule has 0 amide bonds. The van der Waals surface area contributed by atoms with Crippen molar-refractivity contribution >= 4 is 61.9 Å². The Hall–Kier alpha value is -5.80. The second-order valence-corrected chi connectivity index (χ2v) is 12.5. The van der Waals surface area contributed by atoms with Crippen LogP contribution < -0.4 is 16.4 Å². The number of aromatic nitrogens is 2. The molecule has 0 saturated carbocycles. The van der Waals surface area contributed by atoms with Crippen molar-refractivity contribution in [2.45, 2.75) is 6.92 Å². The molecule has 0 aliphatic carbocycles. The fourth-order valence-corrected chi connectivity index (χ4v) is 8.53. The van der Waals surface area contributed by atoms with Crippen LogP contribution in [0.2, 0.25) is 0 Å². The molecular formula is C43H29BN2. The zero-order chi connectivity index (χ0) is 30.5. The second-order valence-electron chi connectivity index (χ2n) is 12.5. The van der Waals surface area contributed by atoms with Crippen LogP contribution in [0.4, 0.5) is 0 Å². The third kappa shape index (κ3) is 3.17. The highest BCUT2D eigenvalue weighted by Gasteiger charge is 2.42. The maximum Gasteiger partial charge on any atom is 0.252 e. The number of aryl methyl sites for hydroxylation is 1. The Morgan fingerprint density at radius 1 is 0.609 bits per heavy atom. The van der Waals surface area contributed by atoms with Gasteiger partial charge in [0.25, 0.3) is 6.71 Å². The number of hydrogen-bond acceptors (Lipinski definition) is 0. The first-order chi connectivity index (χ1) is 22.8. The predicted octanol–water partition coefficient (Wildman–Crippen LogP) is 8.71. The van der Waals surface area contributed by atoms with Gasteiger partial charge in [0.15, 0.2) is 0 Å². The lowest BCUT2D eigenvalue weighted by Gasteiger charge is -2.35. The van der Waals surface area contributed by atoms with Gasteiger partial charge in [-0.05, 0) is 69.8 Å². The molecule has 2 aliphatic heterocycles. The highest BCUT2D eigenvalue weighted by molar-refractivity contribution is 7.00.